The van der Waals surface area contributed by atoms with Gasteiger partial charge >= 0.3 is 6.09 Å². The maximum Gasteiger partial charge on any atom is 0.421 e. The monoisotopic (exact) mass is 297 g/mol. The summed E-state index contributed by atoms with van der Waals surface area (Å²) in [6, 6.07) is 1.79. The summed E-state index contributed by atoms with van der Waals surface area (Å²) in [5.74, 6) is 0. The van der Waals surface area contributed by atoms with Crippen LogP contribution in [0.15, 0.2) is 23.1 Å². The minimum absolute atomic E-state index is 0.477. The summed E-state index contributed by atoms with van der Waals surface area (Å²) in [6.07, 6.45) is 2.55. The van der Waals surface area contributed by atoms with Gasteiger partial charge in [0.1, 0.15) is 17.4 Å². The largest absolute Gasteiger partial charge is 0.443 e. The Morgan fingerprint density at radius 1 is 1.41 bits per heavy atom. The van der Waals surface area contributed by atoms with Gasteiger partial charge < -0.3 is 4.74 Å². The fourth-order valence-electron chi connectivity index (χ4n) is 1.32. The van der Waals surface area contributed by atoms with Crippen LogP contribution in [0.25, 0.3) is 11.2 Å². The van der Waals surface area contributed by atoms with Gasteiger partial charge in [-0.1, -0.05) is 0 Å². The Kier molecular flexibility index (Phi) is 2.91. The van der Waals surface area contributed by atoms with Gasteiger partial charge in [0.15, 0.2) is 5.65 Å². The van der Waals surface area contributed by atoms with Crippen molar-refractivity contribution in [1.82, 2.24) is 14.5 Å². The minimum atomic E-state index is -0.539. The van der Waals surface area contributed by atoms with Crippen LogP contribution in [0.4, 0.5) is 4.79 Å². The molecular weight excluding hydrogens is 286 g/mol. The first-order chi connectivity index (χ1) is 7.87. The zero-order valence-corrected chi connectivity index (χ0v) is 11.4. The molecule has 0 amide bonds. The summed E-state index contributed by atoms with van der Waals surface area (Å²) >= 11 is 3.30. The molecule has 0 spiro atoms. The summed E-state index contributed by atoms with van der Waals surface area (Å²) in [5.41, 5.74) is 0.593. The molecule has 90 valence electrons. The molecule has 0 aliphatic heterocycles. The van der Waals surface area contributed by atoms with Crippen molar-refractivity contribution in [2.75, 3.05) is 0 Å². The van der Waals surface area contributed by atoms with Crippen molar-refractivity contribution in [3.8, 4) is 0 Å². The molecule has 2 rings (SSSR count). The summed E-state index contributed by atoms with van der Waals surface area (Å²) < 4.78 is 7.37. The Labute approximate surface area is 107 Å². The molecule has 0 saturated heterocycles. The van der Waals surface area contributed by atoms with Gasteiger partial charge in [-0.05, 0) is 42.8 Å². The number of halogens is 1. The number of nitrogens with zero attached hydrogens (tertiary/aromatic N) is 3. The molecule has 0 N–H and O–H groups in total. The summed E-state index contributed by atoms with van der Waals surface area (Å²) in [5, 5.41) is 0. The smallest absolute Gasteiger partial charge is 0.421 e. The van der Waals surface area contributed by atoms with Gasteiger partial charge in [0.25, 0.3) is 0 Å². The van der Waals surface area contributed by atoms with Gasteiger partial charge in [-0.2, -0.15) is 0 Å². The number of imidazole rings is 1. The molecule has 0 aromatic carbocycles. The number of fused-ring (bicyclic) bond motifs is 1. The van der Waals surface area contributed by atoms with Crippen molar-refractivity contribution in [3.63, 3.8) is 0 Å². The highest BCUT2D eigenvalue weighted by molar-refractivity contribution is 9.10. The average Bonchev–Trinajstić information content (AvgIpc) is 2.57. The molecule has 0 fully saturated rings. The number of pyridine rings is 1. The lowest BCUT2D eigenvalue weighted by Gasteiger charge is -2.19. The Morgan fingerprint density at radius 2 is 2.12 bits per heavy atom. The summed E-state index contributed by atoms with van der Waals surface area (Å²) in [6.45, 7) is 5.44. The van der Waals surface area contributed by atoms with Crippen LogP contribution in [0.5, 0.6) is 0 Å². The molecule has 0 saturated carbocycles. The predicted octanol–water partition coefficient (Wildman–Crippen LogP) is 2.98. The third-order valence-electron chi connectivity index (χ3n) is 1.94. The van der Waals surface area contributed by atoms with Crippen LogP contribution < -0.4 is 0 Å². The standard InChI is InChI=1S/C11H12BrN3O2/c1-11(2,3)17-10(16)15-6-14-8-4-7(12)5-13-9(8)15/h4-6H,1-3H3. The van der Waals surface area contributed by atoms with Crippen molar-refractivity contribution in [3.05, 3.63) is 23.1 Å². The summed E-state index contributed by atoms with van der Waals surface area (Å²) in [7, 11) is 0. The van der Waals surface area contributed by atoms with Crippen LogP contribution in [-0.2, 0) is 4.74 Å². The highest BCUT2D eigenvalue weighted by atomic mass is 79.9. The van der Waals surface area contributed by atoms with E-state index in [0.29, 0.717) is 11.2 Å². The summed E-state index contributed by atoms with van der Waals surface area (Å²) in [4.78, 5) is 20.1. The van der Waals surface area contributed by atoms with E-state index in [2.05, 4.69) is 25.9 Å². The first-order valence-electron chi connectivity index (χ1n) is 5.09. The van der Waals surface area contributed by atoms with E-state index in [1.165, 1.54) is 10.9 Å². The van der Waals surface area contributed by atoms with Crippen LogP contribution in [0, 0.1) is 0 Å². The van der Waals surface area contributed by atoms with E-state index in [9.17, 15) is 4.79 Å². The molecular formula is C11H12BrN3O2. The SMILES string of the molecule is CC(C)(C)OC(=O)n1cnc2cc(Br)cnc21. The molecule has 0 unspecified atom stereocenters. The number of carbonyl (C=O) groups is 1. The number of hydrogen-bond donors (Lipinski definition) is 0. The second-order valence-electron chi connectivity index (χ2n) is 4.59. The first kappa shape index (κ1) is 12.0. The number of rotatable bonds is 0. The molecule has 5 nitrogen and oxygen atoms in total. The average molecular weight is 298 g/mol. The molecule has 2 aromatic rings. The molecule has 0 bridgehead atoms. The molecule has 0 atom stereocenters. The molecule has 0 radical (unpaired) electrons. The number of hydrogen-bond acceptors (Lipinski definition) is 4. The van der Waals surface area contributed by atoms with E-state index in [1.807, 2.05) is 20.8 Å². The second-order valence-corrected chi connectivity index (χ2v) is 5.51. The van der Waals surface area contributed by atoms with Crippen molar-refractivity contribution >= 4 is 33.2 Å². The van der Waals surface area contributed by atoms with Crippen LogP contribution in [-0.4, -0.2) is 26.2 Å². The second kappa shape index (κ2) is 4.10. The van der Waals surface area contributed by atoms with E-state index in [1.54, 1.807) is 12.3 Å². The number of carbonyl (C=O) groups excluding carboxylic acids is 1. The van der Waals surface area contributed by atoms with Crippen LogP contribution in [0.1, 0.15) is 20.8 Å². The first-order valence-corrected chi connectivity index (χ1v) is 5.88. The third-order valence-corrected chi connectivity index (χ3v) is 2.38. The Bertz CT molecular complexity index is 572. The lowest BCUT2D eigenvalue weighted by atomic mass is 10.2. The Hall–Kier alpha value is -1.43. The number of ether oxygens (including phenoxy) is 1. The Balaban J connectivity index is 2.40. The van der Waals surface area contributed by atoms with Crippen LogP contribution in [0.3, 0.4) is 0 Å². The highest BCUT2D eigenvalue weighted by Gasteiger charge is 2.19. The van der Waals surface area contributed by atoms with Gasteiger partial charge in [0.2, 0.25) is 0 Å². The van der Waals surface area contributed by atoms with E-state index < -0.39 is 11.7 Å². The lowest BCUT2D eigenvalue weighted by molar-refractivity contribution is 0.0543. The van der Waals surface area contributed by atoms with E-state index in [0.717, 1.165) is 4.47 Å². The van der Waals surface area contributed by atoms with Gasteiger partial charge in [-0.25, -0.2) is 19.3 Å². The molecule has 6 heteroatoms. The maximum atomic E-state index is 11.9. The van der Waals surface area contributed by atoms with E-state index in [-0.39, 0.29) is 0 Å². The minimum Gasteiger partial charge on any atom is -0.443 e. The maximum absolute atomic E-state index is 11.9. The zero-order chi connectivity index (χ0) is 12.6. The van der Waals surface area contributed by atoms with E-state index >= 15 is 0 Å². The molecule has 2 aromatic heterocycles. The van der Waals surface area contributed by atoms with Crippen molar-refractivity contribution < 1.29 is 9.53 Å². The third kappa shape index (κ3) is 2.63. The van der Waals surface area contributed by atoms with Crippen molar-refractivity contribution in [2.24, 2.45) is 0 Å². The molecule has 17 heavy (non-hydrogen) atoms. The van der Waals surface area contributed by atoms with Crippen LogP contribution in [0.2, 0.25) is 0 Å². The quantitative estimate of drug-likeness (QED) is 0.750. The molecule has 2 heterocycles. The molecule has 0 aliphatic rings. The van der Waals surface area contributed by atoms with Crippen LogP contribution >= 0.6 is 15.9 Å². The zero-order valence-electron chi connectivity index (χ0n) is 9.77. The normalized spacial score (nSPS) is 11.8. The molecule has 0 aliphatic carbocycles. The Morgan fingerprint density at radius 3 is 2.76 bits per heavy atom. The fourth-order valence-corrected chi connectivity index (χ4v) is 1.64. The van der Waals surface area contributed by atoms with Gasteiger partial charge in [-0.3, -0.25) is 0 Å². The topological polar surface area (TPSA) is 57.0 Å². The van der Waals surface area contributed by atoms with Gasteiger partial charge in [0, 0.05) is 10.7 Å². The van der Waals surface area contributed by atoms with Gasteiger partial charge in [-0.15, -0.1) is 0 Å². The lowest BCUT2D eigenvalue weighted by Crippen LogP contribution is -2.26. The van der Waals surface area contributed by atoms with Crippen molar-refractivity contribution in [2.45, 2.75) is 26.4 Å². The number of aromatic nitrogens is 3. The fraction of sp³-hybridized carbons (Fsp3) is 0.364. The highest BCUT2D eigenvalue weighted by Crippen LogP contribution is 2.17. The van der Waals surface area contributed by atoms with Gasteiger partial charge in [0.05, 0.1) is 0 Å². The van der Waals surface area contributed by atoms with Crippen molar-refractivity contribution in [1.29, 1.82) is 0 Å². The van der Waals surface area contributed by atoms with E-state index in [4.69, 9.17) is 4.74 Å². The predicted molar refractivity (Wildman–Crippen MR) is 66.9 cm³/mol.